The number of hydrazone groups is 1. The van der Waals surface area contributed by atoms with Gasteiger partial charge in [-0.2, -0.15) is 0 Å². The summed E-state index contributed by atoms with van der Waals surface area (Å²) in [7, 11) is 1.16. The fraction of sp³-hybridized carbons (Fsp3) is 0.286. The van der Waals surface area contributed by atoms with Crippen molar-refractivity contribution in [2.45, 2.75) is 18.4 Å². The Labute approximate surface area is 149 Å². The fourth-order valence-electron chi connectivity index (χ4n) is 2.79. The molecule has 1 spiro atoms. The SMILES string of the molecule is COC(=O)C1=NN(N=O)[C@@]2(CC(=O)N(c3ccc(I)cc3)C2=O)C1. The molecule has 0 bridgehead atoms. The average molecular weight is 442 g/mol. The fourth-order valence-corrected chi connectivity index (χ4v) is 3.15. The number of halogens is 1. The highest BCUT2D eigenvalue weighted by atomic mass is 127. The number of benzene rings is 1. The molecule has 0 unspecified atom stereocenters. The minimum Gasteiger partial charge on any atom is -0.464 e. The molecular formula is C14H11IN4O5. The van der Waals surface area contributed by atoms with Crippen molar-refractivity contribution in [2.24, 2.45) is 10.4 Å². The maximum absolute atomic E-state index is 12.9. The van der Waals surface area contributed by atoms with Crippen LogP contribution < -0.4 is 4.90 Å². The topological polar surface area (TPSA) is 109 Å². The van der Waals surface area contributed by atoms with Gasteiger partial charge in [0.15, 0.2) is 11.3 Å². The number of carbonyl (C=O) groups excluding carboxylic acids is 3. The van der Waals surface area contributed by atoms with Crippen molar-refractivity contribution in [2.75, 3.05) is 12.0 Å². The lowest BCUT2D eigenvalue weighted by Crippen LogP contribution is -2.48. The van der Waals surface area contributed by atoms with Crippen molar-refractivity contribution in [1.29, 1.82) is 0 Å². The van der Waals surface area contributed by atoms with Gasteiger partial charge in [0.05, 0.1) is 24.5 Å². The van der Waals surface area contributed by atoms with Crippen LogP contribution in [0, 0.1) is 8.48 Å². The molecule has 1 fully saturated rings. The van der Waals surface area contributed by atoms with Gasteiger partial charge in [0.25, 0.3) is 5.91 Å². The Bertz CT molecular complexity index is 778. The number of methoxy groups -OCH3 is 1. The summed E-state index contributed by atoms with van der Waals surface area (Å²) in [6.07, 6.45) is -0.510. The van der Waals surface area contributed by atoms with Crippen molar-refractivity contribution in [3.8, 4) is 0 Å². The second-order valence-corrected chi connectivity index (χ2v) is 6.55. The molecule has 10 heteroatoms. The first kappa shape index (κ1) is 16.5. The molecule has 1 aromatic carbocycles. The highest BCUT2D eigenvalue weighted by molar-refractivity contribution is 14.1. The Balaban J connectivity index is 1.97. The molecule has 0 aliphatic carbocycles. The van der Waals surface area contributed by atoms with Crippen molar-refractivity contribution in [1.82, 2.24) is 5.12 Å². The first-order valence-corrected chi connectivity index (χ1v) is 7.93. The molecule has 0 saturated carbocycles. The van der Waals surface area contributed by atoms with Gasteiger partial charge in [-0.1, -0.05) is 0 Å². The summed E-state index contributed by atoms with van der Waals surface area (Å²) < 4.78 is 5.51. The number of carbonyl (C=O) groups is 3. The number of hydrogen-bond donors (Lipinski definition) is 0. The lowest BCUT2D eigenvalue weighted by atomic mass is 9.92. The molecule has 0 radical (unpaired) electrons. The maximum Gasteiger partial charge on any atom is 0.354 e. The number of anilines is 1. The summed E-state index contributed by atoms with van der Waals surface area (Å²) in [5.74, 6) is -1.90. The molecule has 3 rings (SSSR count). The summed E-state index contributed by atoms with van der Waals surface area (Å²) >= 11 is 2.10. The van der Waals surface area contributed by atoms with E-state index in [9.17, 15) is 19.3 Å². The van der Waals surface area contributed by atoms with Crippen LogP contribution in [0.4, 0.5) is 5.69 Å². The first-order chi connectivity index (χ1) is 11.4. The molecular weight excluding hydrogens is 431 g/mol. The van der Waals surface area contributed by atoms with E-state index in [1.807, 2.05) is 0 Å². The van der Waals surface area contributed by atoms with Crippen LogP contribution in [0.1, 0.15) is 12.8 Å². The van der Waals surface area contributed by atoms with E-state index in [1.165, 1.54) is 0 Å². The molecule has 2 aliphatic rings. The zero-order chi connectivity index (χ0) is 17.5. The zero-order valence-corrected chi connectivity index (χ0v) is 14.6. The second-order valence-electron chi connectivity index (χ2n) is 5.31. The number of imide groups is 1. The molecule has 2 amide bonds. The Morgan fingerprint density at radius 3 is 2.54 bits per heavy atom. The summed E-state index contributed by atoms with van der Waals surface area (Å²) in [5.41, 5.74) is -1.34. The van der Waals surface area contributed by atoms with Gasteiger partial charge in [0, 0.05) is 9.99 Å². The van der Waals surface area contributed by atoms with Crippen LogP contribution in [0.25, 0.3) is 0 Å². The van der Waals surface area contributed by atoms with E-state index in [0.29, 0.717) is 10.8 Å². The number of nitroso groups, excluding NO2 is 1. The van der Waals surface area contributed by atoms with Gasteiger partial charge in [-0.3, -0.25) is 9.59 Å². The molecule has 1 aromatic rings. The van der Waals surface area contributed by atoms with Crippen LogP contribution >= 0.6 is 22.6 Å². The van der Waals surface area contributed by atoms with Crippen LogP contribution in [0.2, 0.25) is 0 Å². The molecule has 1 saturated heterocycles. The van der Waals surface area contributed by atoms with E-state index >= 15 is 0 Å². The van der Waals surface area contributed by atoms with Gasteiger partial charge in [-0.05, 0) is 46.9 Å². The number of amides is 2. The van der Waals surface area contributed by atoms with E-state index in [-0.39, 0.29) is 18.6 Å². The van der Waals surface area contributed by atoms with Crippen LogP contribution in [-0.2, 0) is 19.1 Å². The largest absolute Gasteiger partial charge is 0.464 e. The Morgan fingerprint density at radius 2 is 1.96 bits per heavy atom. The van der Waals surface area contributed by atoms with Gasteiger partial charge < -0.3 is 4.74 Å². The normalized spacial score (nSPS) is 23.0. The number of rotatable bonds is 3. The van der Waals surface area contributed by atoms with Crippen LogP contribution in [0.3, 0.4) is 0 Å². The van der Waals surface area contributed by atoms with E-state index in [1.54, 1.807) is 24.3 Å². The smallest absolute Gasteiger partial charge is 0.354 e. The predicted molar refractivity (Wildman–Crippen MR) is 90.7 cm³/mol. The first-order valence-electron chi connectivity index (χ1n) is 6.85. The van der Waals surface area contributed by atoms with Crippen molar-refractivity contribution < 1.29 is 19.1 Å². The highest BCUT2D eigenvalue weighted by Gasteiger charge is 2.61. The summed E-state index contributed by atoms with van der Waals surface area (Å²) in [6, 6.07) is 6.77. The van der Waals surface area contributed by atoms with E-state index in [4.69, 9.17) is 0 Å². The van der Waals surface area contributed by atoms with E-state index in [0.717, 1.165) is 15.6 Å². The molecule has 124 valence electrons. The number of ether oxygens (including phenoxy) is 1. The molecule has 2 heterocycles. The third-order valence-electron chi connectivity index (χ3n) is 3.94. The number of esters is 1. The van der Waals surface area contributed by atoms with Crippen LogP contribution in [0.15, 0.2) is 34.7 Å². The third kappa shape index (κ3) is 2.37. The van der Waals surface area contributed by atoms with Crippen LogP contribution in [-0.4, -0.2) is 41.3 Å². The number of nitrogens with zero attached hydrogens (tertiary/aromatic N) is 4. The van der Waals surface area contributed by atoms with Gasteiger partial charge in [0.1, 0.15) is 0 Å². The quantitative estimate of drug-likeness (QED) is 0.302. The molecule has 0 aromatic heterocycles. The zero-order valence-electron chi connectivity index (χ0n) is 12.4. The standard InChI is InChI=1S/C14H11IN4O5/c1-24-12(21)10-6-14(19(16-10)17-23)7-11(20)18(13(14)22)9-4-2-8(15)3-5-9/h2-5H,6-7H2,1H3/t14-/m1/s1. The van der Waals surface area contributed by atoms with Gasteiger partial charge in [-0.15, -0.1) is 15.1 Å². The van der Waals surface area contributed by atoms with Crippen molar-refractivity contribution in [3.05, 3.63) is 32.7 Å². The summed E-state index contributed by atoms with van der Waals surface area (Å²) in [5, 5.41) is 7.04. The lowest BCUT2D eigenvalue weighted by molar-refractivity contribution is -0.132. The monoisotopic (exact) mass is 442 g/mol. The van der Waals surface area contributed by atoms with E-state index < -0.39 is 23.3 Å². The molecule has 2 aliphatic heterocycles. The minimum absolute atomic E-state index is 0.122. The molecule has 24 heavy (non-hydrogen) atoms. The number of hydrogen-bond acceptors (Lipinski definition) is 7. The Morgan fingerprint density at radius 1 is 1.29 bits per heavy atom. The van der Waals surface area contributed by atoms with Gasteiger partial charge >= 0.3 is 5.97 Å². The van der Waals surface area contributed by atoms with Crippen molar-refractivity contribution >= 4 is 51.8 Å². The van der Waals surface area contributed by atoms with Crippen LogP contribution in [0.5, 0.6) is 0 Å². The van der Waals surface area contributed by atoms with Crippen molar-refractivity contribution in [3.63, 3.8) is 0 Å². The maximum atomic E-state index is 12.9. The summed E-state index contributed by atoms with van der Waals surface area (Å²) in [4.78, 5) is 49.0. The molecule has 9 nitrogen and oxygen atoms in total. The third-order valence-corrected chi connectivity index (χ3v) is 4.65. The van der Waals surface area contributed by atoms with Gasteiger partial charge in [-0.25, -0.2) is 9.69 Å². The van der Waals surface area contributed by atoms with E-state index in [2.05, 4.69) is 37.7 Å². The Kier molecular flexibility index (Phi) is 4.07. The lowest BCUT2D eigenvalue weighted by Gasteiger charge is -2.24. The summed E-state index contributed by atoms with van der Waals surface area (Å²) in [6.45, 7) is 0. The van der Waals surface area contributed by atoms with Gasteiger partial charge in [0.2, 0.25) is 5.91 Å². The molecule has 1 atom stereocenters. The second kappa shape index (κ2) is 5.92. The Hall–Kier alpha value is -2.37. The highest BCUT2D eigenvalue weighted by Crippen LogP contribution is 2.40. The molecule has 0 N–H and O–H groups in total. The average Bonchev–Trinajstić information content (AvgIpc) is 3.06. The predicted octanol–water partition coefficient (Wildman–Crippen LogP) is 1.21. The minimum atomic E-state index is -1.61.